The van der Waals surface area contributed by atoms with Gasteiger partial charge in [-0.3, -0.25) is 9.78 Å². The first-order valence-corrected chi connectivity index (χ1v) is 10.7. The molecule has 2 N–H and O–H groups in total. The molecule has 1 aromatic heterocycles. The van der Waals surface area contributed by atoms with Crippen molar-refractivity contribution in [1.82, 2.24) is 9.88 Å². The average Bonchev–Trinajstić information content (AvgIpc) is 2.80. The number of aromatic nitrogens is 1. The fourth-order valence-electron chi connectivity index (χ4n) is 4.03. The van der Waals surface area contributed by atoms with Crippen molar-refractivity contribution in [3.05, 3.63) is 90.3 Å². The molecule has 1 aliphatic rings. The van der Waals surface area contributed by atoms with Crippen molar-refractivity contribution in [2.24, 2.45) is 5.73 Å². The van der Waals surface area contributed by atoms with E-state index in [9.17, 15) is 4.79 Å². The molecule has 3 aromatic rings. The summed E-state index contributed by atoms with van der Waals surface area (Å²) in [6.45, 7) is 4.03. The van der Waals surface area contributed by atoms with E-state index in [1.807, 2.05) is 67.6 Å². The minimum absolute atomic E-state index is 0.351. The van der Waals surface area contributed by atoms with E-state index in [0.29, 0.717) is 22.9 Å². The highest BCUT2D eigenvalue weighted by molar-refractivity contribution is 5.99. The second-order valence-corrected chi connectivity index (χ2v) is 7.70. The highest BCUT2D eigenvalue weighted by atomic mass is 16.5. The van der Waals surface area contributed by atoms with Gasteiger partial charge < -0.3 is 15.4 Å². The molecule has 0 atom stereocenters. The number of carbonyl (C=O) groups is 1. The van der Waals surface area contributed by atoms with Crippen LogP contribution in [-0.4, -0.2) is 28.9 Å². The van der Waals surface area contributed by atoms with E-state index < -0.39 is 5.91 Å². The minimum Gasteiger partial charge on any atom is -0.457 e. The molecular weight excluding hydrogens is 386 g/mol. The molecule has 1 aliphatic heterocycles. The Hall–Kier alpha value is -3.60. The first-order chi connectivity index (χ1) is 15.2. The van der Waals surface area contributed by atoms with E-state index in [-0.39, 0.29) is 0 Å². The molecule has 1 saturated heterocycles. The van der Waals surface area contributed by atoms with Crippen LogP contribution in [-0.2, 0) is 0 Å². The summed E-state index contributed by atoms with van der Waals surface area (Å²) >= 11 is 0. The van der Waals surface area contributed by atoms with Gasteiger partial charge in [-0.15, -0.1) is 0 Å². The number of para-hydroxylation sites is 2. The predicted molar refractivity (Wildman–Crippen MR) is 123 cm³/mol. The zero-order valence-electron chi connectivity index (χ0n) is 17.7. The Balaban J connectivity index is 1.69. The summed E-state index contributed by atoms with van der Waals surface area (Å²) in [7, 11) is 0. The molecule has 0 radical (unpaired) electrons. The van der Waals surface area contributed by atoms with Crippen LogP contribution >= 0.6 is 0 Å². The second-order valence-electron chi connectivity index (χ2n) is 7.70. The number of ether oxygens (including phenoxy) is 1. The van der Waals surface area contributed by atoms with Crippen LogP contribution in [0.3, 0.4) is 0 Å². The third-order valence-electron chi connectivity index (χ3n) is 5.60. The summed E-state index contributed by atoms with van der Waals surface area (Å²) in [4.78, 5) is 19.5. The third-order valence-corrected chi connectivity index (χ3v) is 5.60. The Morgan fingerprint density at radius 3 is 2.45 bits per heavy atom. The zero-order valence-corrected chi connectivity index (χ0v) is 17.7. The van der Waals surface area contributed by atoms with Gasteiger partial charge in [0.2, 0.25) is 0 Å². The number of nitrogens with two attached hydrogens (primary N) is 1. The van der Waals surface area contributed by atoms with Crippen LogP contribution in [0.5, 0.6) is 11.5 Å². The van der Waals surface area contributed by atoms with Crippen LogP contribution in [0.15, 0.2) is 79.0 Å². The molecule has 0 aliphatic carbocycles. The fourth-order valence-corrected chi connectivity index (χ4v) is 4.03. The number of benzene rings is 2. The lowest BCUT2D eigenvalue weighted by molar-refractivity contribution is 0.100. The van der Waals surface area contributed by atoms with Crippen molar-refractivity contribution in [2.75, 3.05) is 13.1 Å². The Kier molecular flexibility index (Phi) is 6.32. The number of rotatable bonds is 6. The fraction of sp³-hybridized carbons (Fsp3) is 0.231. The van der Waals surface area contributed by atoms with Gasteiger partial charge in [0, 0.05) is 30.3 Å². The van der Waals surface area contributed by atoms with E-state index in [4.69, 9.17) is 15.5 Å². The third kappa shape index (κ3) is 4.77. The van der Waals surface area contributed by atoms with Crippen molar-refractivity contribution in [1.29, 1.82) is 0 Å². The highest BCUT2D eigenvalue weighted by Crippen LogP contribution is 2.36. The van der Waals surface area contributed by atoms with Crippen LogP contribution in [0.1, 0.15) is 41.7 Å². The van der Waals surface area contributed by atoms with Gasteiger partial charge in [-0.05, 0) is 62.4 Å². The van der Waals surface area contributed by atoms with E-state index in [2.05, 4.69) is 17.2 Å². The largest absolute Gasteiger partial charge is 0.457 e. The SMILES string of the molecule is CC=CN1CCC(c2ccc(C(N)=O)c(-c3ccccc3Oc3ccccc3)n2)CC1. The van der Waals surface area contributed by atoms with Gasteiger partial charge >= 0.3 is 0 Å². The molecule has 158 valence electrons. The standard InChI is InChI=1S/C26H27N3O2/c1-2-16-29-17-14-19(15-18-29)23-13-12-22(26(27)30)25(28-23)21-10-6-7-11-24(21)31-20-8-4-3-5-9-20/h2-13,16,19H,14-15,17-18H2,1H3,(H2,27,30). The molecular formula is C26H27N3O2. The molecule has 2 aromatic carbocycles. The van der Waals surface area contributed by atoms with E-state index in [0.717, 1.165) is 42.9 Å². The Morgan fingerprint density at radius 2 is 1.74 bits per heavy atom. The van der Waals surface area contributed by atoms with Crippen molar-refractivity contribution in [2.45, 2.75) is 25.7 Å². The summed E-state index contributed by atoms with van der Waals surface area (Å²) in [5.41, 5.74) is 8.43. The lowest BCUT2D eigenvalue weighted by atomic mass is 9.92. The number of likely N-dealkylation sites (tertiary alicyclic amines) is 1. The van der Waals surface area contributed by atoms with Crippen LogP contribution in [0.25, 0.3) is 11.3 Å². The summed E-state index contributed by atoms with van der Waals surface area (Å²) in [5.74, 6) is 1.22. The van der Waals surface area contributed by atoms with Crippen LogP contribution in [0, 0.1) is 0 Å². The van der Waals surface area contributed by atoms with Crippen molar-refractivity contribution in [3.63, 3.8) is 0 Å². The van der Waals surface area contributed by atoms with Crippen LogP contribution < -0.4 is 10.5 Å². The molecule has 31 heavy (non-hydrogen) atoms. The van der Waals surface area contributed by atoms with Crippen molar-refractivity contribution < 1.29 is 9.53 Å². The normalized spacial score (nSPS) is 14.7. The van der Waals surface area contributed by atoms with Gasteiger partial charge in [-0.2, -0.15) is 0 Å². The minimum atomic E-state index is -0.494. The first kappa shape index (κ1) is 20.7. The number of primary amides is 1. The second kappa shape index (κ2) is 9.47. The molecule has 0 saturated carbocycles. The van der Waals surface area contributed by atoms with E-state index in [1.165, 1.54) is 0 Å². The lowest BCUT2D eigenvalue weighted by Gasteiger charge is -2.31. The molecule has 2 heterocycles. The smallest absolute Gasteiger partial charge is 0.250 e. The Labute approximate surface area is 183 Å². The summed E-state index contributed by atoms with van der Waals surface area (Å²) in [5, 5.41) is 0. The zero-order chi connectivity index (χ0) is 21.6. The Bertz CT molecular complexity index is 1070. The molecule has 1 fully saturated rings. The highest BCUT2D eigenvalue weighted by Gasteiger charge is 2.23. The number of allylic oxidation sites excluding steroid dienone is 1. The predicted octanol–water partition coefficient (Wildman–Crippen LogP) is 5.35. The van der Waals surface area contributed by atoms with Gasteiger partial charge in [0.05, 0.1) is 11.3 Å². The molecule has 0 unspecified atom stereocenters. The Morgan fingerprint density at radius 1 is 1.03 bits per heavy atom. The number of hydrogen-bond donors (Lipinski definition) is 1. The number of carbonyl (C=O) groups excluding carboxylic acids is 1. The maximum absolute atomic E-state index is 12.2. The molecule has 0 spiro atoms. The maximum Gasteiger partial charge on any atom is 0.250 e. The number of hydrogen-bond acceptors (Lipinski definition) is 4. The lowest BCUT2D eigenvalue weighted by Crippen LogP contribution is -2.29. The maximum atomic E-state index is 12.2. The molecule has 0 bridgehead atoms. The molecule has 5 heteroatoms. The van der Waals surface area contributed by atoms with Crippen molar-refractivity contribution >= 4 is 5.91 Å². The summed E-state index contributed by atoms with van der Waals surface area (Å²) in [6, 6.07) is 21.0. The quantitative estimate of drug-likeness (QED) is 0.591. The van der Waals surface area contributed by atoms with Gasteiger partial charge in [0.15, 0.2) is 0 Å². The monoisotopic (exact) mass is 413 g/mol. The van der Waals surface area contributed by atoms with E-state index >= 15 is 0 Å². The number of pyridine rings is 1. The summed E-state index contributed by atoms with van der Waals surface area (Å²) in [6.07, 6.45) is 6.26. The molecule has 1 amide bonds. The van der Waals surface area contributed by atoms with Gasteiger partial charge in [0.1, 0.15) is 11.5 Å². The molecule has 4 rings (SSSR count). The number of piperidine rings is 1. The van der Waals surface area contributed by atoms with Gasteiger partial charge in [0.25, 0.3) is 5.91 Å². The topological polar surface area (TPSA) is 68.5 Å². The summed E-state index contributed by atoms with van der Waals surface area (Å²) < 4.78 is 6.12. The number of nitrogens with zero attached hydrogens (tertiary/aromatic N) is 2. The van der Waals surface area contributed by atoms with Crippen LogP contribution in [0.4, 0.5) is 0 Å². The van der Waals surface area contributed by atoms with Crippen molar-refractivity contribution in [3.8, 4) is 22.8 Å². The van der Waals surface area contributed by atoms with E-state index in [1.54, 1.807) is 6.07 Å². The van der Waals surface area contributed by atoms with Gasteiger partial charge in [-0.25, -0.2) is 0 Å². The van der Waals surface area contributed by atoms with Crippen LogP contribution in [0.2, 0.25) is 0 Å². The molecule has 5 nitrogen and oxygen atoms in total. The number of amides is 1. The van der Waals surface area contributed by atoms with Gasteiger partial charge in [-0.1, -0.05) is 36.4 Å². The first-order valence-electron chi connectivity index (χ1n) is 10.7. The average molecular weight is 414 g/mol.